The molecule has 3 atom stereocenters. The molecule has 7 heteroatoms. The number of nitrogens with zero attached hydrogens (tertiary/aromatic N) is 3. The van der Waals surface area contributed by atoms with Gasteiger partial charge in [0.05, 0.1) is 18.2 Å². The Balaban J connectivity index is 1.30. The van der Waals surface area contributed by atoms with Crippen LogP contribution in [0.2, 0.25) is 0 Å². The van der Waals surface area contributed by atoms with E-state index < -0.39 is 5.41 Å². The zero-order valence-corrected chi connectivity index (χ0v) is 18.7. The highest BCUT2D eigenvalue weighted by Crippen LogP contribution is 2.43. The topological polar surface area (TPSA) is 79.8 Å². The van der Waals surface area contributed by atoms with Crippen molar-refractivity contribution >= 4 is 17.7 Å². The van der Waals surface area contributed by atoms with Gasteiger partial charge in [0.2, 0.25) is 17.7 Å². The van der Waals surface area contributed by atoms with Gasteiger partial charge in [-0.3, -0.25) is 24.3 Å². The van der Waals surface area contributed by atoms with E-state index in [1.165, 1.54) is 11.3 Å². The molecule has 33 heavy (non-hydrogen) atoms. The van der Waals surface area contributed by atoms with Crippen LogP contribution in [0.4, 0.5) is 0 Å². The Hall–Kier alpha value is -3.22. The van der Waals surface area contributed by atoms with Gasteiger partial charge in [-0.15, -0.1) is 0 Å². The summed E-state index contributed by atoms with van der Waals surface area (Å²) < 4.78 is 5.66. The van der Waals surface area contributed by atoms with Crippen LogP contribution in [-0.4, -0.2) is 58.2 Å². The van der Waals surface area contributed by atoms with E-state index in [0.29, 0.717) is 30.7 Å². The first kappa shape index (κ1) is 21.6. The number of rotatable bonds is 8. The van der Waals surface area contributed by atoms with E-state index in [0.717, 1.165) is 24.9 Å². The Morgan fingerprint density at radius 1 is 1.12 bits per heavy atom. The third-order valence-electron chi connectivity index (χ3n) is 7.35. The minimum absolute atomic E-state index is 0.00559. The maximum absolute atomic E-state index is 13.7. The van der Waals surface area contributed by atoms with Gasteiger partial charge in [0.15, 0.2) is 0 Å². The highest BCUT2D eigenvalue weighted by molar-refractivity contribution is 6.10. The predicted molar refractivity (Wildman–Crippen MR) is 121 cm³/mol. The van der Waals surface area contributed by atoms with E-state index in [-0.39, 0.29) is 37.1 Å². The van der Waals surface area contributed by atoms with Gasteiger partial charge in [-0.05, 0) is 49.3 Å². The SMILES string of the molecule is O=C1C[C@@](CC(=O)N2C[C@H]3CC[C@H]2C3)(c2ccccc2)C(=O)N1CCCOc1cccnc1. The maximum Gasteiger partial charge on any atom is 0.240 e. The molecule has 0 spiro atoms. The molecule has 0 unspecified atom stereocenters. The molecule has 3 fully saturated rings. The Labute approximate surface area is 193 Å². The number of carbonyl (C=O) groups is 3. The van der Waals surface area contributed by atoms with Gasteiger partial charge in [-0.2, -0.15) is 0 Å². The van der Waals surface area contributed by atoms with E-state index in [4.69, 9.17) is 4.74 Å². The molecular formula is C26H29N3O4. The number of likely N-dealkylation sites (tertiary alicyclic amines) is 2. The Kier molecular flexibility index (Phi) is 5.87. The van der Waals surface area contributed by atoms with Crippen LogP contribution >= 0.6 is 0 Å². The number of carbonyl (C=O) groups excluding carboxylic acids is 3. The molecule has 2 saturated heterocycles. The van der Waals surface area contributed by atoms with E-state index in [9.17, 15) is 14.4 Å². The van der Waals surface area contributed by atoms with Gasteiger partial charge in [0, 0.05) is 38.2 Å². The molecule has 1 aliphatic carbocycles. The van der Waals surface area contributed by atoms with Crippen LogP contribution in [0.5, 0.6) is 5.75 Å². The number of aromatic nitrogens is 1. The third kappa shape index (κ3) is 4.12. The van der Waals surface area contributed by atoms with Gasteiger partial charge in [-0.25, -0.2) is 0 Å². The van der Waals surface area contributed by atoms with Crippen LogP contribution in [0.15, 0.2) is 54.9 Å². The fraction of sp³-hybridized carbons (Fsp3) is 0.462. The molecule has 172 valence electrons. The molecule has 3 amide bonds. The van der Waals surface area contributed by atoms with E-state index in [1.54, 1.807) is 18.5 Å². The smallest absolute Gasteiger partial charge is 0.240 e. The number of piperidine rings is 1. The summed E-state index contributed by atoms with van der Waals surface area (Å²) in [6.45, 7) is 1.43. The Morgan fingerprint density at radius 2 is 1.97 bits per heavy atom. The van der Waals surface area contributed by atoms with E-state index in [2.05, 4.69) is 4.98 Å². The third-order valence-corrected chi connectivity index (χ3v) is 7.35. The molecule has 1 saturated carbocycles. The second-order valence-electron chi connectivity index (χ2n) is 9.42. The van der Waals surface area contributed by atoms with Crippen molar-refractivity contribution in [3.8, 4) is 5.75 Å². The first-order chi connectivity index (χ1) is 16.1. The lowest BCUT2D eigenvalue weighted by Gasteiger charge is -2.32. The summed E-state index contributed by atoms with van der Waals surface area (Å²) in [7, 11) is 0. The van der Waals surface area contributed by atoms with E-state index in [1.807, 2.05) is 41.3 Å². The van der Waals surface area contributed by atoms with Crippen LogP contribution in [0.1, 0.15) is 44.1 Å². The quantitative estimate of drug-likeness (QED) is 0.459. The summed E-state index contributed by atoms with van der Waals surface area (Å²) in [6, 6.07) is 13.2. The number of hydrogen-bond acceptors (Lipinski definition) is 5. The highest BCUT2D eigenvalue weighted by atomic mass is 16.5. The second kappa shape index (κ2) is 8.96. The molecule has 1 aromatic carbocycles. The van der Waals surface area contributed by atoms with Crippen molar-refractivity contribution in [3.05, 3.63) is 60.4 Å². The zero-order valence-electron chi connectivity index (χ0n) is 18.7. The van der Waals surface area contributed by atoms with Crippen molar-refractivity contribution in [1.82, 2.24) is 14.8 Å². The summed E-state index contributed by atoms with van der Waals surface area (Å²) in [5, 5.41) is 0. The van der Waals surface area contributed by atoms with Crippen molar-refractivity contribution in [2.75, 3.05) is 19.7 Å². The monoisotopic (exact) mass is 447 g/mol. The average molecular weight is 448 g/mol. The van der Waals surface area contributed by atoms with Gasteiger partial charge in [0.25, 0.3) is 0 Å². The normalized spacial score (nSPS) is 26.3. The van der Waals surface area contributed by atoms with Crippen LogP contribution in [0.3, 0.4) is 0 Å². The van der Waals surface area contributed by atoms with Crippen molar-refractivity contribution in [2.24, 2.45) is 5.92 Å². The number of ether oxygens (including phenoxy) is 1. The standard InChI is InChI=1S/C26H29N3O4/c30-23-15-26(20-6-2-1-3-7-20,16-24(31)29-18-19-9-10-21(29)14-19)25(32)28(23)12-5-13-33-22-8-4-11-27-17-22/h1-4,6-8,11,17,19,21H,5,9-10,12-16,18H2/t19-,21-,26+/m0/s1. The van der Waals surface area contributed by atoms with Crippen molar-refractivity contribution in [2.45, 2.75) is 50.0 Å². The fourth-order valence-electron chi connectivity index (χ4n) is 5.68. The molecule has 3 aliphatic rings. The van der Waals surface area contributed by atoms with Crippen molar-refractivity contribution in [3.63, 3.8) is 0 Å². The van der Waals surface area contributed by atoms with Crippen molar-refractivity contribution in [1.29, 1.82) is 0 Å². The number of amides is 3. The van der Waals surface area contributed by atoms with Gasteiger partial charge < -0.3 is 9.64 Å². The second-order valence-corrected chi connectivity index (χ2v) is 9.42. The largest absolute Gasteiger partial charge is 0.492 e. The first-order valence-electron chi connectivity index (χ1n) is 11.8. The lowest BCUT2D eigenvalue weighted by Crippen LogP contribution is -2.45. The number of benzene rings is 1. The van der Waals surface area contributed by atoms with Gasteiger partial charge in [-0.1, -0.05) is 30.3 Å². The summed E-state index contributed by atoms with van der Waals surface area (Å²) in [4.78, 5) is 47.4. The number of fused-ring (bicyclic) bond motifs is 2. The average Bonchev–Trinajstić information content (AvgIpc) is 3.53. The maximum atomic E-state index is 13.7. The summed E-state index contributed by atoms with van der Waals surface area (Å²) in [6.07, 6.45) is 7.20. The molecule has 2 aromatic rings. The molecule has 2 bridgehead atoms. The van der Waals surface area contributed by atoms with E-state index >= 15 is 0 Å². The highest BCUT2D eigenvalue weighted by Gasteiger charge is 2.54. The van der Waals surface area contributed by atoms with Crippen LogP contribution in [-0.2, 0) is 19.8 Å². The van der Waals surface area contributed by atoms with Crippen LogP contribution in [0, 0.1) is 5.92 Å². The molecule has 7 nitrogen and oxygen atoms in total. The van der Waals surface area contributed by atoms with Crippen LogP contribution in [0.25, 0.3) is 0 Å². The Bertz CT molecular complexity index is 1030. The van der Waals surface area contributed by atoms with Crippen LogP contribution < -0.4 is 4.74 Å². The molecule has 0 radical (unpaired) electrons. The molecule has 5 rings (SSSR count). The summed E-state index contributed by atoms with van der Waals surface area (Å²) in [5.41, 5.74) is -0.378. The van der Waals surface area contributed by atoms with Crippen molar-refractivity contribution < 1.29 is 19.1 Å². The lowest BCUT2D eigenvalue weighted by atomic mass is 9.75. The zero-order chi connectivity index (χ0) is 22.8. The van der Waals surface area contributed by atoms with Gasteiger partial charge >= 0.3 is 0 Å². The lowest BCUT2D eigenvalue weighted by molar-refractivity contribution is -0.143. The first-order valence-corrected chi connectivity index (χ1v) is 11.8. The summed E-state index contributed by atoms with van der Waals surface area (Å²) >= 11 is 0. The number of pyridine rings is 1. The predicted octanol–water partition coefficient (Wildman–Crippen LogP) is 2.95. The number of hydrogen-bond donors (Lipinski definition) is 0. The molecule has 3 heterocycles. The Morgan fingerprint density at radius 3 is 2.67 bits per heavy atom. The minimum atomic E-state index is -1.12. The molecule has 1 aromatic heterocycles. The number of imide groups is 1. The summed E-state index contributed by atoms with van der Waals surface area (Å²) in [5.74, 6) is 0.747. The molecule has 0 N–H and O–H groups in total. The van der Waals surface area contributed by atoms with Gasteiger partial charge in [0.1, 0.15) is 5.75 Å². The minimum Gasteiger partial charge on any atom is -0.492 e. The fourth-order valence-corrected chi connectivity index (χ4v) is 5.68. The molecular weight excluding hydrogens is 418 g/mol. The molecule has 2 aliphatic heterocycles.